The molecule has 1 fully saturated rings. The van der Waals surface area contributed by atoms with E-state index in [-0.39, 0.29) is 0 Å². The van der Waals surface area contributed by atoms with Crippen LogP contribution in [0.25, 0.3) is 0 Å². The van der Waals surface area contributed by atoms with E-state index in [4.69, 9.17) is 4.99 Å². The monoisotopic (exact) mass is 387 g/mol. The molecule has 0 unspecified atom stereocenters. The highest BCUT2D eigenvalue weighted by Crippen LogP contribution is 2.19. The number of rotatable bonds is 6. The van der Waals surface area contributed by atoms with Gasteiger partial charge >= 0.3 is 0 Å². The van der Waals surface area contributed by atoms with Gasteiger partial charge in [-0.25, -0.2) is 17.7 Å². The summed E-state index contributed by atoms with van der Waals surface area (Å²) in [7, 11) is -1.05. The molecule has 1 aromatic rings. The van der Waals surface area contributed by atoms with Crippen molar-refractivity contribution in [2.24, 2.45) is 10.9 Å². The van der Waals surface area contributed by atoms with E-state index in [9.17, 15) is 8.42 Å². The lowest BCUT2D eigenvalue weighted by Gasteiger charge is -2.30. The van der Waals surface area contributed by atoms with Gasteiger partial charge in [0.05, 0.1) is 23.5 Å². The molecule has 9 heteroatoms. The second kappa shape index (κ2) is 8.95. The Morgan fingerprint density at radius 1 is 1.48 bits per heavy atom. The van der Waals surface area contributed by atoms with Gasteiger partial charge in [0.2, 0.25) is 10.0 Å². The van der Waals surface area contributed by atoms with Crippen LogP contribution < -0.4 is 5.32 Å². The molecule has 1 saturated heterocycles. The first-order valence-electron chi connectivity index (χ1n) is 8.65. The van der Waals surface area contributed by atoms with Crippen LogP contribution in [-0.2, 0) is 16.6 Å². The molecular formula is C16H29N5O2S2. The zero-order valence-corrected chi connectivity index (χ0v) is 17.2. The number of aryl methyl sites for hydroxylation is 1. The van der Waals surface area contributed by atoms with Gasteiger partial charge in [0.1, 0.15) is 0 Å². The molecule has 0 spiro atoms. The zero-order valence-electron chi connectivity index (χ0n) is 15.5. The van der Waals surface area contributed by atoms with Crippen molar-refractivity contribution in [1.29, 1.82) is 0 Å². The van der Waals surface area contributed by atoms with Crippen LogP contribution in [0.3, 0.4) is 0 Å². The lowest BCUT2D eigenvalue weighted by Crippen LogP contribution is -2.40. The van der Waals surface area contributed by atoms with Crippen molar-refractivity contribution < 1.29 is 8.42 Å². The van der Waals surface area contributed by atoms with E-state index >= 15 is 0 Å². The van der Waals surface area contributed by atoms with E-state index in [0.29, 0.717) is 19.0 Å². The van der Waals surface area contributed by atoms with Gasteiger partial charge < -0.3 is 10.2 Å². The molecule has 0 aliphatic carbocycles. The first-order chi connectivity index (χ1) is 11.8. The Bertz CT molecular complexity index is 678. The molecule has 142 valence electrons. The SMILES string of the molecule is CCNC(=NCC1CCN(S(C)(=O)=O)CC1)N(C)Cc1csc(C)n1. The third-order valence-corrected chi connectivity index (χ3v) is 6.43. The number of nitrogens with one attached hydrogen (secondary N) is 1. The molecule has 2 heterocycles. The van der Waals surface area contributed by atoms with Gasteiger partial charge in [0.25, 0.3) is 0 Å². The largest absolute Gasteiger partial charge is 0.357 e. The number of sulfonamides is 1. The Morgan fingerprint density at radius 3 is 2.68 bits per heavy atom. The lowest BCUT2D eigenvalue weighted by atomic mass is 9.98. The zero-order chi connectivity index (χ0) is 18.4. The molecule has 1 aliphatic rings. The number of guanidine groups is 1. The summed E-state index contributed by atoms with van der Waals surface area (Å²) in [5, 5.41) is 6.48. The van der Waals surface area contributed by atoms with Crippen LogP contribution in [0, 0.1) is 12.8 Å². The maximum Gasteiger partial charge on any atom is 0.211 e. The standard InChI is InChI=1S/C16H29N5O2S2/c1-5-17-16(20(3)11-15-12-24-13(2)19-15)18-10-14-6-8-21(9-7-14)25(4,22)23/h12,14H,5-11H2,1-4H3,(H,17,18). The first-order valence-corrected chi connectivity index (χ1v) is 11.4. The summed E-state index contributed by atoms with van der Waals surface area (Å²) in [5.41, 5.74) is 1.05. The molecule has 1 aromatic heterocycles. The van der Waals surface area contributed by atoms with Crippen molar-refractivity contribution in [3.8, 4) is 0 Å². The van der Waals surface area contributed by atoms with Crippen molar-refractivity contribution in [2.75, 3.05) is 39.5 Å². The Labute approximate surface area is 155 Å². The number of hydrogen-bond acceptors (Lipinski definition) is 5. The summed E-state index contributed by atoms with van der Waals surface area (Å²) < 4.78 is 24.7. The van der Waals surface area contributed by atoms with Crippen molar-refractivity contribution in [1.82, 2.24) is 19.5 Å². The smallest absolute Gasteiger partial charge is 0.211 e. The van der Waals surface area contributed by atoms with Crippen LogP contribution >= 0.6 is 11.3 Å². The Kier molecular flexibility index (Phi) is 7.21. The average molecular weight is 388 g/mol. The topological polar surface area (TPSA) is 77.9 Å². The summed E-state index contributed by atoms with van der Waals surface area (Å²) >= 11 is 1.66. The molecule has 0 bridgehead atoms. The second-order valence-electron chi connectivity index (χ2n) is 6.51. The molecule has 0 aromatic carbocycles. The fourth-order valence-corrected chi connectivity index (χ4v) is 4.39. The number of aromatic nitrogens is 1. The third-order valence-electron chi connectivity index (χ3n) is 4.30. The number of aliphatic imine (C=N–C) groups is 1. The van der Waals surface area contributed by atoms with Crippen LogP contribution in [0.15, 0.2) is 10.4 Å². The van der Waals surface area contributed by atoms with E-state index in [2.05, 4.69) is 27.5 Å². The van der Waals surface area contributed by atoms with Crippen molar-refractivity contribution in [2.45, 2.75) is 33.2 Å². The number of piperidine rings is 1. The van der Waals surface area contributed by atoms with Crippen LogP contribution in [0.4, 0.5) is 0 Å². The van der Waals surface area contributed by atoms with Crippen molar-refractivity contribution in [3.63, 3.8) is 0 Å². The second-order valence-corrected chi connectivity index (χ2v) is 9.56. The predicted octanol–water partition coefficient (Wildman–Crippen LogP) is 1.52. The highest BCUT2D eigenvalue weighted by Gasteiger charge is 2.24. The molecule has 2 rings (SSSR count). The van der Waals surface area contributed by atoms with E-state index in [0.717, 1.165) is 49.1 Å². The molecule has 0 amide bonds. The third kappa shape index (κ3) is 6.23. The summed E-state index contributed by atoms with van der Waals surface area (Å²) in [6.07, 6.45) is 3.01. The highest BCUT2D eigenvalue weighted by atomic mass is 32.2. The van der Waals surface area contributed by atoms with Crippen molar-refractivity contribution >= 4 is 27.3 Å². The Morgan fingerprint density at radius 2 is 2.16 bits per heavy atom. The summed E-state index contributed by atoms with van der Waals surface area (Å²) in [6.45, 7) is 7.53. The first kappa shape index (κ1) is 20.1. The molecule has 7 nitrogen and oxygen atoms in total. The molecule has 0 radical (unpaired) electrons. The summed E-state index contributed by atoms with van der Waals surface area (Å²) in [4.78, 5) is 11.4. The molecule has 1 aliphatic heterocycles. The van der Waals surface area contributed by atoms with Crippen LogP contribution in [-0.4, -0.2) is 68.0 Å². The number of hydrogen-bond donors (Lipinski definition) is 1. The number of thiazole rings is 1. The van der Waals surface area contributed by atoms with Gasteiger partial charge in [0.15, 0.2) is 5.96 Å². The predicted molar refractivity (Wildman–Crippen MR) is 103 cm³/mol. The minimum atomic E-state index is -3.06. The fourth-order valence-electron chi connectivity index (χ4n) is 2.91. The van der Waals surface area contributed by atoms with E-state index < -0.39 is 10.0 Å². The van der Waals surface area contributed by atoms with E-state index in [1.807, 2.05) is 14.0 Å². The molecule has 25 heavy (non-hydrogen) atoms. The van der Waals surface area contributed by atoms with Crippen LogP contribution in [0.5, 0.6) is 0 Å². The van der Waals surface area contributed by atoms with Gasteiger partial charge in [-0.2, -0.15) is 0 Å². The van der Waals surface area contributed by atoms with Crippen LogP contribution in [0.2, 0.25) is 0 Å². The van der Waals surface area contributed by atoms with E-state index in [1.165, 1.54) is 6.26 Å². The van der Waals surface area contributed by atoms with Gasteiger partial charge in [-0.05, 0) is 32.6 Å². The number of nitrogens with zero attached hydrogens (tertiary/aromatic N) is 4. The fraction of sp³-hybridized carbons (Fsp3) is 0.750. The molecular weight excluding hydrogens is 358 g/mol. The van der Waals surface area contributed by atoms with Crippen LogP contribution in [0.1, 0.15) is 30.5 Å². The molecule has 0 saturated carbocycles. The minimum Gasteiger partial charge on any atom is -0.357 e. The Hall–Kier alpha value is -1.19. The van der Waals surface area contributed by atoms with Gasteiger partial charge in [-0.15, -0.1) is 11.3 Å². The van der Waals surface area contributed by atoms with Crippen molar-refractivity contribution in [3.05, 3.63) is 16.1 Å². The maximum absolute atomic E-state index is 11.6. The van der Waals surface area contributed by atoms with E-state index in [1.54, 1.807) is 15.6 Å². The minimum absolute atomic E-state index is 0.432. The maximum atomic E-state index is 11.6. The Balaban J connectivity index is 1.91. The van der Waals surface area contributed by atoms with Gasteiger partial charge in [-0.1, -0.05) is 0 Å². The molecule has 1 N–H and O–H groups in total. The average Bonchev–Trinajstić information content (AvgIpc) is 2.95. The lowest BCUT2D eigenvalue weighted by molar-refractivity contribution is 0.279. The summed E-state index contributed by atoms with van der Waals surface area (Å²) in [5.74, 6) is 1.31. The quantitative estimate of drug-likeness (QED) is 0.591. The molecule has 0 atom stereocenters. The van der Waals surface area contributed by atoms with Gasteiger partial charge in [-0.3, -0.25) is 4.99 Å². The highest BCUT2D eigenvalue weighted by molar-refractivity contribution is 7.88. The summed E-state index contributed by atoms with van der Waals surface area (Å²) in [6, 6.07) is 0. The van der Waals surface area contributed by atoms with Gasteiger partial charge in [0, 0.05) is 38.6 Å². The normalized spacial score (nSPS) is 17.7.